The van der Waals surface area contributed by atoms with Gasteiger partial charge in [0.25, 0.3) is 0 Å². The molecule has 1 aromatic carbocycles. The molecule has 142 valence electrons. The van der Waals surface area contributed by atoms with Crippen molar-refractivity contribution in [3.8, 4) is 11.5 Å². The van der Waals surface area contributed by atoms with Crippen LogP contribution in [0.3, 0.4) is 0 Å². The molecule has 0 fully saturated rings. The molecule has 6 nitrogen and oxygen atoms in total. The molecule has 1 unspecified atom stereocenters. The van der Waals surface area contributed by atoms with Gasteiger partial charge in [0.15, 0.2) is 11.5 Å². The summed E-state index contributed by atoms with van der Waals surface area (Å²) in [5, 5.41) is 3.55. The Hall–Kier alpha value is -2.86. The Kier molecular flexibility index (Phi) is 6.82. The monoisotopic (exact) mass is 366 g/mol. The van der Waals surface area contributed by atoms with Crippen molar-refractivity contribution in [1.82, 2.24) is 19.9 Å². The zero-order valence-electron chi connectivity index (χ0n) is 15.8. The van der Waals surface area contributed by atoms with Crippen LogP contribution in [0.15, 0.2) is 61.4 Å². The van der Waals surface area contributed by atoms with Crippen molar-refractivity contribution in [2.75, 3.05) is 13.7 Å². The van der Waals surface area contributed by atoms with Crippen molar-refractivity contribution >= 4 is 0 Å². The van der Waals surface area contributed by atoms with Crippen molar-refractivity contribution in [1.29, 1.82) is 0 Å². The molecule has 2 heterocycles. The van der Waals surface area contributed by atoms with Gasteiger partial charge in [-0.3, -0.25) is 4.98 Å². The van der Waals surface area contributed by atoms with Gasteiger partial charge < -0.3 is 19.4 Å². The van der Waals surface area contributed by atoms with E-state index in [9.17, 15) is 0 Å². The molecular formula is C21H26N4O2. The number of nitrogens with one attached hydrogen (secondary N) is 1. The Morgan fingerprint density at radius 2 is 1.93 bits per heavy atom. The van der Waals surface area contributed by atoms with Crippen LogP contribution in [0.4, 0.5) is 0 Å². The summed E-state index contributed by atoms with van der Waals surface area (Å²) in [6, 6.07) is 10.2. The van der Waals surface area contributed by atoms with Gasteiger partial charge in [-0.1, -0.05) is 6.07 Å². The number of aromatic nitrogens is 3. The lowest BCUT2D eigenvalue weighted by Crippen LogP contribution is -2.21. The molecule has 0 aliphatic rings. The third-order valence-corrected chi connectivity index (χ3v) is 4.43. The second kappa shape index (κ2) is 9.73. The fourth-order valence-electron chi connectivity index (χ4n) is 2.83. The predicted octanol–water partition coefficient (Wildman–Crippen LogP) is 3.61. The highest BCUT2D eigenvalue weighted by Crippen LogP contribution is 2.30. The Labute approximate surface area is 160 Å². The number of imidazole rings is 1. The zero-order valence-corrected chi connectivity index (χ0v) is 15.8. The van der Waals surface area contributed by atoms with E-state index in [1.165, 1.54) is 5.56 Å². The summed E-state index contributed by atoms with van der Waals surface area (Å²) >= 11 is 0. The number of nitrogens with zero attached hydrogens (tertiary/aromatic N) is 3. The molecule has 2 aromatic heterocycles. The molecule has 27 heavy (non-hydrogen) atoms. The van der Waals surface area contributed by atoms with E-state index in [-0.39, 0.29) is 6.04 Å². The van der Waals surface area contributed by atoms with Crippen LogP contribution in [0, 0.1) is 0 Å². The molecule has 6 heteroatoms. The second-order valence-electron chi connectivity index (χ2n) is 6.38. The number of benzene rings is 1. The molecular weight excluding hydrogens is 340 g/mol. The number of rotatable bonds is 10. The average molecular weight is 366 g/mol. The lowest BCUT2D eigenvalue weighted by atomic mass is 10.1. The summed E-state index contributed by atoms with van der Waals surface area (Å²) in [5.74, 6) is 1.49. The van der Waals surface area contributed by atoms with Crippen molar-refractivity contribution in [3.05, 3.63) is 72.6 Å². The Balaban J connectivity index is 1.52. The number of pyridine rings is 1. The fraction of sp³-hybridized carbons (Fsp3) is 0.333. The van der Waals surface area contributed by atoms with Gasteiger partial charge in [0.2, 0.25) is 0 Å². The Morgan fingerprint density at radius 3 is 2.67 bits per heavy atom. The van der Waals surface area contributed by atoms with Crippen molar-refractivity contribution in [2.24, 2.45) is 0 Å². The topological polar surface area (TPSA) is 61.2 Å². The van der Waals surface area contributed by atoms with Crippen LogP contribution in [0.25, 0.3) is 0 Å². The van der Waals surface area contributed by atoms with Crippen LogP contribution < -0.4 is 14.8 Å². The first-order chi connectivity index (χ1) is 13.3. The number of ether oxygens (including phenoxy) is 2. The van der Waals surface area contributed by atoms with E-state index in [4.69, 9.17) is 9.47 Å². The molecule has 1 atom stereocenters. The number of hydrogen-bond donors (Lipinski definition) is 1. The van der Waals surface area contributed by atoms with E-state index in [1.54, 1.807) is 25.7 Å². The van der Waals surface area contributed by atoms with E-state index in [0.717, 1.165) is 36.6 Å². The van der Waals surface area contributed by atoms with Crippen LogP contribution in [0.2, 0.25) is 0 Å². The standard InChI is InChI=1S/C21H26N4O2/c1-17(24-8-3-12-25-13-11-23-16-25)19-4-5-20(21(14-19)26-2)27-15-18-6-9-22-10-7-18/h4-7,9-11,13-14,16-17,24H,3,8,12,15H2,1-2H3. The summed E-state index contributed by atoms with van der Waals surface area (Å²) in [6.07, 6.45) is 10.2. The van der Waals surface area contributed by atoms with Crippen LogP contribution in [0.5, 0.6) is 11.5 Å². The highest BCUT2D eigenvalue weighted by molar-refractivity contribution is 5.43. The van der Waals surface area contributed by atoms with Gasteiger partial charge in [0.1, 0.15) is 6.61 Å². The van der Waals surface area contributed by atoms with Gasteiger partial charge in [0, 0.05) is 37.4 Å². The third-order valence-electron chi connectivity index (χ3n) is 4.43. The van der Waals surface area contributed by atoms with Gasteiger partial charge >= 0.3 is 0 Å². The van der Waals surface area contributed by atoms with Gasteiger partial charge in [-0.05, 0) is 55.3 Å². The number of hydrogen-bond acceptors (Lipinski definition) is 5. The van der Waals surface area contributed by atoms with E-state index < -0.39 is 0 Å². The summed E-state index contributed by atoms with van der Waals surface area (Å²) in [5.41, 5.74) is 2.25. The minimum atomic E-state index is 0.232. The van der Waals surface area contributed by atoms with E-state index >= 15 is 0 Å². The molecule has 3 aromatic rings. The van der Waals surface area contributed by atoms with E-state index in [1.807, 2.05) is 36.8 Å². The predicted molar refractivity (Wildman–Crippen MR) is 105 cm³/mol. The highest BCUT2D eigenvalue weighted by Gasteiger charge is 2.10. The van der Waals surface area contributed by atoms with Gasteiger partial charge in [-0.15, -0.1) is 0 Å². The van der Waals surface area contributed by atoms with E-state index in [0.29, 0.717) is 6.61 Å². The van der Waals surface area contributed by atoms with Crippen molar-refractivity contribution in [3.63, 3.8) is 0 Å². The Bertz CT molecular complexity index is 806. The Morgan fingerprint density at radius 1 is 1.07 bits per heavy atom. The molecule has 0 aliphatic carbocycles. The maximum atomic E-state index is 5.91. The summed E-state index contributed by atoms with van der Waals surface area (Å²) in [4.78, 5) is 8.08. The normalized spacial score (nSPS) is 11.9. The van der Waals surface area contributed by atoms with Crippen molar-refractivity contribution in [2.45, 2.75) is 32.5 Å². The maximum Gasteiger partial charge on any atom is 0.161 e. The van der Waals surface area contributed by atoms with Crippen LogP contribution in [-0.4, -0.2) is 28.2 Å². The first-order valence-corrected chi connectivity index (χ1v) is 9.15. The third kappa shape index (κ3) is 5.56. The second-order valence-corrected chi connectivity index (χ2v) is 6.38. The molecule has 0 saturated heterocycles. The van der Waals surface area contributed by atoms with Crippen LogP contribution in [-0.2, 0) is 13.2 Å². The summed E-state index contributed by atoms with van der Waals surface area (Å²) in [7, 11) is 1.67. The summed E-state index contributed by atoms with van der Waals surface area (Å²) in [6.45, 7) is 4.54. The summed E-state index contributed by atoms with van der Waals surface area (Å²) < 4.78 is 13.5. The molecule has 0 aliphatic heterocycles. The molecule has 0 saturated carbocycles. The zero-order chi connectivity index (χ0) is 18.9. The van der Waals surface area contributed by atoms with Crippen LogP contribution in [0.1, 0.15) is 30.5 Å². The molecule has 1 N–H and O–H groups in total. The van der Waals surface area contributed by atoms with Crippen LogP contribution >= 0.6 is 0 Å². The highest BCUT2D eigenvalue weighted by atomic mass is 16.5. The SMILES string of the molecule is COc1cc(C(C)NCCCn2ccnc2)ccc1OCc1ccncc1. The molecule has 3 rings (SSSR count). The molecule has 0 amide bonds. The van der Waals surface area contributed by atoms with Gasteiger partial charge in [0.05, 0.1) is 13.4 Å². The molecule has 0 bridgehead atoms. The lowest BCUT2D eigenvalue weighted by molar-refractivity contribution is 0.284. The maximum absolute atomic E-state index is 5.91. The minimum absolute atomic E-state index is 0.232. The molecule has 0 spiro atoms. The minimum Gasteiger partial charge on any atom is -0.493 e. The average Bonchev–Trinajstić information content (AvgIpc) is 3.23. The quantitative estimate of drug-likeness (QED) is 0.556. The fourth-order valence-corrected chi connectivity index (χ4v) is 2.83. The first-order valence-electron chi connectivity index (χ1n) is 9.15. The van der Waals surface area contributed by atoms with Gasteiger partial charge in [-0.25, -0.2) is 4.98 Å². The molecule has 0 radical (unpaired) electrons. The van der Waals surface area contributed by atoms with Gasteiger partial charge in [-0.2, -0.15) is 0 Å². The lowest BCUT2D eigenvalue weighted by Gasteiger charge is -2.17. The number of methoxy groups -OCH3 is 1. The largest absolute Gasteiger partial charge is 0.493 e. The smallest absolute Gasteiger partial charge is 0.161 e. The number of aryl methyl sites for hydroxylation is 1. The first kappa shape index (κ1) is 18.9. The van der Waals surface area contributed by atoms with E-state index in [2.05, 4.69) is 32.8 Å². The van der Waals surface area contributed by atoms with Crippen molar-refractivity contribution < 1.29 is 9.47 Å².